The SMILES string of the molecule is C[C@H](O)c1ccncc1C(F)(F)F. The van der Waals surface area contributed by atoms with E-state index in [4.69, 9.17) is 5.11 Å². The number of aliphatic hydroxyl groups is 1. The van der Waals surface area contributed by atoms with Crippen LogP contribution < -0.4 is 0 Å². The zero-order valence-electron chi connectivity index (χ0n) is 6.84. The first-order chi connectivity index (χ1) is 5.93. The molecule has 1 atom stereocenters. The van der Waals surface area contributed by atoms with Gasteiger partial charge < -0.3 is 5.11 Å². The number of aliphatic hydroxyl groups excluding tert-OH is 1. The van der Waals surface area contributed by atoms with Crippen LogP contribution in [0.1, 0.15) is 24.2 Å². The van der Waals surface area contributed by atoms with Crippen molar-refractivity contribution in [3.63, 3.8) is 0 Å². The Labute approximate surface area is 73.0 Å². The van der Waals surface area contributed by atoms with Crippen LogP contribution in [-0.2, 0) is 6.18 Å². The van der Waals surface area contributed by atoms with Crippen molar-refractivity contribution in [1.29, 1.82) is 0 Å². The molecule has 1 N–H and O–H groups in total. The molecule has 0 aromatic carbocycles. The fraction of sp³-hybridized carbons (Fsp3) is 0.375. The molecule has 5 heteroatoms. The van der Waals surface area contributed by atoms with Crippen LogP contribution in [0.4, 0.5) is 13.2 Å². The van der Waals surface area contributed by atoms with Gasteiger partial charge in [-0.15, -0.1) is 0 Å². The van der Waals surface area contributed by atoms with Crippen molar-refractivity contribution in [3.8, 4) is 0 Å². The molecule has 0 unspecified atom stereocenters. The molecule has 0 bridgehead atoms. The number of nitrogens with zero attached hydrogens (tertiary/aromatic N) is 1. The highest BCUT2D eigenvalue weighted by Crippen LogP contribution is 2.33. The third kappa shape index (κ3) is 2.18. The predicted molar refractivity (Wildman–Crippen MR) is 39.9 cm³/mol. The summed E-state index contributed by atoms with van der Waals surface area (Å²) in [6.45, 7) is 1.28. The number of aromatic nitrogens is 1. The van der Waals surface area contributed by atoms with Gasteiger partial charge in [-0.1, -0.05) is 0 Å². The minimum atomic E-state index is -4.46. The van der Waals surface area contributed by atoms with Gasteiger partial charge in [0.25, 0.3) is 0 Å². The average Bonchev–Trinajstić information content (AvgIpc) is 2.03. The minimum Gasteiger partial charge on any atom is -0.389 e. The molecule has 0 aliphatic heterocycles. The maximum absolute atomic E-state index is 12.3. The molecule has 0 fully saturated rings. The van der Waals surface area contributed by atoms with Crippen molar-refractivity contribution in [1.82, 2.24) is 4.98 Å². The average molecular weight is 191 g/mol. The zero-order valence-corrected chi connectivity index (χ0v) is 6.84. The molecule has 0 spiro atoms. The molecule has 0 saturated carbocycles. The molecule has 2 nitrogen and oxygen atoms in total. The van der Waals surface area contributed by atoms with E-state index in [0.29, 0.717) is 6.20 Å². The van der Waals surface area contributed by atoms with E-state index in [1.807, 2.05) is 0 Å². The lowest BCUT2D eigenvalue weighted by Crippen LogP contribution is -2.11. The normalized spacial score (nSPS) is 14.2. The van der Waals surface area contributed by atoms with Gasteiger partial charge in [-0.25, -0.2) is 0 Å². The van der Waals surface area contributed by atoms with Crippen molar-refractivity contribution in [2.45, 2.75) is 19.2 Å². The highest BCUT2D eigenvalue weighted by molar-refractivity contribution is 5.27. The Morgan fingerprint density at radius 1 is 1.46 bits per heavy atom. The molecule has 0 amide bonds. The summed E-state index contributed by atoms with van der Waals surface area (Å²) < 4.78 is 36.8. The summed E-state index contributed by atoms with van der Waals surface area (Å²) in [5, 5.41) is 9.04. The number of halogens is 3. The van der Waals surface area contributed by atoms with Gasteiger partial charge in [-0.05, 0) is 18.6 Å². The molecule has 13 heavy (non-hydrogen) atoms. The van der Waals surface area contributed by atoms with E-state index in [0.717, 1.165) is 6.07 Å². The molecular weight excluding hydrogens is 183 g/mol. The van der Waals surface area contributed by atoms with E-state index in [1.54, 1.807) is 0 Å². The molecule has 0 radical (unpaired) electrons. The van der Waals surface area contributed by atoms with Crippen molar-refractivity contribution >= 4 is 0 Å². The smallest absolute Gasteiger partial charge is 0.389 e. The molecule has 1 heterocycles. The van der Waals surface area contributed by atoms with Gasteiger partial charge in [0.05, 0.1) is 11.7 Å². The molecular formula is C8H8F3NO. The van der Waals surface area contributed by atoms with Gasteiger partial charge >= 0.3 is 6.18 Å². The lowest BCUT2D eigenvalue weighted by atomic mass is 10.1. The van der Waals surface area contributed by atoms with E-state index in [9.17, 15) is 13.2 Å². The second kappa shape index (κ2) is 3.33. The van der Waals surface area contributed by atoms with Crippen LogP contribution in [0.2, 0.25) is 0 Å². The number of hydrogen-bond donors (Lipinski definition) is 1. The topological polar surface area (TPSA) is 33.1 Å². The van der Waals surface area contributed by atoms with Crippen LogP contribution >= 0.6 is 0 Å². The standard InChI is InChI=1S/C8H8F3NO/c1-5(13)6-2-3-12-4-7(6)8(9,10)11/h2-5,13H,1H3/t5-/m0/s1. The van der Waals surface area contributed by atoms with Crippen LogP contribution in [0.3, 0.4) is 0 Å². The fourth-order valence-electron chi connectivity index (χ4n) is 1.01. The number of pyridine rings is 1. The number of alkyl halides is 3. The van der Waals surface area contributed by atoms with Gasteiger partial charge in [0, 0.05) is 12.4 Å². The maximum Gasteiger partial charge on any atom is 0.418 e. The lowest BCUT2D eigenvalue weighted by molar-refractivity contribution is -0.139. The van der Waals surface area contributed by atoms with Gasteiger partial charge in [-0.3, -0.25) is 4.98 Å². The summed E-state index contributed by atoms with van der Waals surface area (Å²) in [6.07, 6.45) is -3.67. The van der Waals surface area contributed by atoms with Gasteiger partial charge in [0.1, 0.15) is 0 Å². The molecule has 0 aliphatic rings. The van der Waals surface area contributed by atoms with Crippen molar-refractivity contribution in [3.05, 3.63) is 29.6 Å². The minimum absolute atomic E-state index is 0.150. The molecule has 1 aromatic rings. The largest absolute Gasteiger partial charge is 0.418 e. The quantitative estimate of drug-likeness (QED) is 0.737. The fourth-order valence-corrected chi connectivity index (χ4v) is 1.01. The molecule has 1 aromatic heterocycles. The van der Waals surface area contributed by atoms with Gasteiger partial charge in [0.15, 0.2) is 0 Å². The summed E-state index contributed by atoms with van der Waals surface area (Å²) in [5.74, 6) is 0. The molecule has 1 rings (SSSR count). The first-order valence-electron chi connectivity index (χ1n) is 3.62. The Hall–Kier alpha value is -1.10. The Bertz CT molecular complexity index is 296. The first kappa shape index (κ1) is 9.98. The van der Waals surface area contributed by atoms with E-state index in [2.05, 4.69) is 4.98 Å². The van der Waals surface area contributed by atoms with Crippen molar-refractivity contribution in [2.24, 2.45) is 0 Å². The summed E-state index contributed by atoms with van der Waals surface area (Å²) in [4.78, 5) is 3.36. The first-order valence-corrected chi connectivity index (χ1v) is 3.62. The molecule has 0 aliphatic carbocycles. The van der Waals surface area contributed by atoms with E-state index in [1.165, 1.54) is 13.1 Å². The Morgan fingerprint density at radius 2 is 2.08 bits per heavy atom. The Morgan fingerprint density at radius 3 is 2.46 bits per heavy atom. The molecule has 72 valence electrons. The van der Waals surface area contributed by atoms with Crippen LogP contribution in [0.15, 0.2) is 18.5 Å². The monoisotopic (exact) mass is 191 g/mol. The van der Waals surface area contributed by atoms with Gasteiger partial charge in [0.2, 0.25) is 0 Å². The van der Waals surface area contributed by atoms with Gasteiger partial charge in [-0.2, -0.15) is 13.2 Å². The Kier molecular flexibility index (Phi) is 2.56. The van der Waals surface area contributed by atoms with Crippen molar-refractivity contribution < 1.29 is 18.3 Å². The summed E-state index contributed by atoms with van der Waals surface area (Å²) in [6, 6.07) is 1.16. The highest BCUT2D eigenvalue weighted by Gasteiger charge is 2.34. The second-order valence-electron chi connectivity index (χ2n) is 2.64. The lowest BCUT2D eigenvalue weighted by Gasteiger charge is -2.13. The zero-order chi connectivity index (χ0) is 10.1. The summed E-state index contributed by atoms with van der Waals surface area (Å²) >= 11 is 0. The number of hydrogen-bond acceptors (Lipinski definition) is 2. The molecule has 0 saturated heterocycles. The van der Waals surface area contributed by atoms with Crippen LogP contribution in [0, 0.1) is 0 Å². The van der Waals surface area contributed by atoms with Crippen LogP contribution in [0.25, 0.3) is 0 Å². The maximum atomic E-state index is 12.3. The third-order valence-corrected chi connectivity index (χ3v) is 1.61. The predicted octanol–water partition coefficient (Wildman–Crippen LogP) is 2.15. The third-order valence-electron chi connectivity index (χ3n) is 1.61. The summed E-state index contributed by atoms with van der Waals surface area (Å²) in [7, 11) is 0. The van der Waals surface area contributed by atoms with Crippen molar-refractivity contribution in [2.75, 3.05) is 0 Å². The van der Waals surface area contributed by atoms with Crippen LogP contribution in [0.5, 0.6) is 0 Å². The van der Waals surface area contributed by atoms with E-state index >= 15 is 0 Å². The van der Waals surface area contributed by atoms with Crippen LogP contribution in [-0.4, -0.2) is 10.1 Å². The Balaban J connectivity index is 3.20. The number of rotatable bonds is 1. The second-order valence-corrected chi connectivity index (χ2v) is 2.64. The van der Waals surface area contributed by atoms with E-state index < -0.39 is 17.8 Å². The highest BCUT2D eigenvalue weighted by atomic mass is 19.4. The summed E-state index contributed by atoms with van der Waals surface area (Å²) in [5.41, 5.74) is -1.03. The van der Waals surface area contributed by atoms with E-state index in [-0.39, 0.29) is 5.56 Å².